The molecule has 5 nitrogen and oxygen atoms in total. The molecule has 0 atom stereocenters. The van der Waals surface area contributed by atoms with Gasteiger partial charge in [0.15, 0.2) is 0 Å². The van der Waals surface area contributed by atoms with E-state index in [9.17, 15) is 9.59 Å². The molecule has 0 unspecified atom stereocenters. The number of amides is 1. The lowest BCUT2D eigenvalue weighted by Gasteiger charge is -2.32. The van der Waals surface area contributed by atoms with Gasteiger partial charge in [-0.2, -0.15) is 0 Å². The number of rotatable bonds is 6. The lowest BCUT2D eigenvalue weighted by atomic mass is 10.0. The van der Waals surface area contributed by atoms with Gasteiger partial charge in [-0.15, -0.1) is 0 Å². The molecule has 0 aliphatic carbocycles. The minimum Gasteiger partial charge on any atom is -0.469 e. The third-order valence-corrected chi connectivity index (χ3v) is 4.87. The molecule has 1 N–H and O–H groups in total. The van der Waals surface area contributed by atoms with Gasteiger partial charge in [0.1, 0.15) is 0 Å². The van der Waals surface area contributed by atoms with Crippen molar-refractivity contribution in [2.24, 2.45) is 0 Å². The van der Waals surface area contributed by atoms with Crippen LogP contribution in [0, 0.1) is 0 Å². The van der Waals surface area contributed by atoms with Crippen LogP contribution in [-0.2, 0) is 20.9 Å². The Kier molecular flexibility index (Phi) is 7.34. The SMILES string of the molecule is COC(=O)CCC(=O)NC1CCN(Cc2ccc(Cl)c(Cl)c2)CC1. The first-order valence-corrected chi connectivity index (χ1v) is 8.76. The third kappa shape index (κ3) is 5.96. The number of methoxy groups -OCH3 is 1. The van der Waals surface area contributed by atoms with Crippen molar-refractivity contribution in [1.82, 2.24) is 10.2 Å². The van der Waals surface area contributed by atoms with Crippen LogP contribution in [0.1, 0.15) is 31.2 Å². The van der Waals surface area contributed by atoms with E-state index < -0.39 is 0 Å². The molecule has 0 aromatic heterocycles. The van der Waals surface area contributed by atoms with E-state index in [1.165, 1.54) is 7.11 Å². The Labute approximate surface area is 152 Å². The van der Waals surface area contributed by atoms with Crippen LogP contribution in [0.25, 0.3) is 0 Å². The zero-order chi connectivity index (χ0) is 17.5. The van der Waals surface area contributed by atoms with Crippen molar-refractivity contribution in [2.75, 3.05) is 20.2 Å². The van der Waals surface area contributed by atoms with Crippen molar-refractivity contribution in [3.05, 3.63) is 33.8 Å². The molecule has 1 fully saturated rings. The number of piperidine rings is 1. The van der Waals surface area contributed by atoms with Crippen molar-refractivity contribution in [3.8, 4) is 0 Å². The summed E-state index contributed by atoms with van der Waals surface area (Å²) in [6.07, 6.45) is 2.09. The summed E-state index contributed by atoms with van der Waals surface area (Å²) in [6.45, 7) is 2.63. The molecule has 0 spiro atoms. The van der Waals surface area contributed by atoms with Crippen molar-refractivity contribution in [3.63, 3.8) is 0 Å². The molecule has 0 bridgehead atoms. The van der Waals surface area contributed by atoms with E-state index in [0.717, 1.165) is 38.0 Å². The van der Waals surface area contributed by atoms with Crippen molar-refractivity contribution < 1.29 is 14.3 Å². The highest BCUT2D eigenvalue weighted by Gasteiger charge is 2.21. The molecule has 1 amide bonds. The van der Waals surface area contributed by atoms with Crippen LogP contribution in [0.2, 0.25) is 10.0 Å². The molecule has 132 valence electrons. The lowest BCUT2D eigenvalue weighted by molar-refractivity contribution is -0.142. The Morgan fingerprint density at radius 2 is 1.92 bits per heavy atom. The maximum atomic E-state index is 11.8. The number of halogens is 2. The Morgan fingerprint density at radius 3 is 2.54 bits per heavy atom. The average molecular weight is 373 g/mol. The van der Waals surface area contributed by atoms with Crippen LogP contribution >= 0.6 is 23.2 Å². The maximum absolute atomic E-state index is 11.8. The van der Waals surface area contributed by atoms with Gasteiger partial charge < -0.3 is 10.1 Å². The number of carbonyl (C=O) groups is 2. The number of hydrogen-bond donors (Lipinski definition) is 1. The fourth-order valence-electron chi connectivity index (χ4n) is 2.75. The Bertz CT molecular complexity index is 587. The van der Waals surface area contributed by atoms with E-state index >= 15 is 0 Å². The minimum absolute atomic E-state index is 0.0941. The first kappa shape index (κ1) is 19.0. The summed E-state index contributed by atoms with van der Waals surface area (Å²) in [4.78, 5) is 25.2. The molecule has 1 aromatic rings. The second kappa shape index (κ2) is 9.25. The van der Waals surface area contributed by atoms with Crippen LogP contribution < -0.4 is 5.32 Å². The molecular weight excluding hydrogens is 351 g/mol. The molecule has 2 rings (SSSR count). The summed E-state index contributed by atoms with van der Waals surface area (Å²) in [6, 6.07) is 5.85. The Hall–Kier alpha value is -1.30. The summed E-state index contributed by atoms with van der Waals surface area (Å²) in [7, 11) is 1.32. The highest BCUT2D eigenvalue weighted by atomic mass is 35.5. The fourth-order valence-corrected chi connectivity index (χ4v) is 3.07. The number of hydrogen-bond acceptors (Lipinski definition) is 4. The van der Waals surface area contributed by atoms with Crippen molar-refractivity contribution in [2.45, 2.75) is 38.3 Å². The number of nitrogens with zero attached hydrogens (tertiary/aromatic N) is 1. The van der Waals surface area contributed by atoms with Crippen molar-refractivity contribution in [1.29, 1.82) is 0 Å². The van der Waals surface area contributed by atoms with Gasteiger partial charge in [-0.25, -0.2) is 0 Å². The number of ether oxygens (including phenoxy) is 1. The van der Waals surface area contributed by atoms with Gasteiger partial charge in [0.2, 0.25) is 5.91 Å². The average Bonchev–Trinajstić information content (AvgIpc) is 2.58. The quantitative estimate of drug-likeness (QED) is 0.779. The van der Waals surface area contributed by atoms with Gasteiger partial charge in [-0.05, 0) is 30.5 Å². The van der Waals surface area contributed by atoms with E-state index in [2.05, 4.69) is 15.0 Å². The van der Waals surface area contributed by atoms with Gasteiger partial charge in [-0.3, -0.25) is 14.5 Å². The van der Waals surface area contributed by atoms with Crippen LogP contribution in [0.15, 0.2) is 18.2 Å². The van der Waals surface area contributed by atoms with Crippen molar-refractivity contribution >= 4 is 35.1 Å². The van der Waals surface area contributed by atoms with Crippen LogP contribution in [0.5, 0.6) is 0 Å². The standard InChI is InChI=1S/C17H22Cl2N2O3/c1-24-17(23)5-4-16(22)20-13-6-8-21(9-7-13)11-12-2-3-14(18)15(19)10-12/h2-3,10,13H,4-9,11H2,1H3,(H,20,22). The summed E-state index contributed by atoms with van der Waals surface area (Å²) >= 11 is 12.0. The second-order valence-electron chi connectivity index (χ2n) is 5.94. The smallest absolute Gasteiger partial charge is 0.306 e. The van der Waals surface area contributed by atoms with Gasteiger partial charge >= 0.3 is 5.97 Å². The third-order valence-electron chi connectivity index (χ3n) is 4.13. The molecule has 1 saturated heterocycles. The van der Waals surface area contributed by atoms with E-state index in [1.54, 1.807) is 0 Å². The lowest BCUT2D eigenvalue weighted by Crippen LogP contribution is -2.44. The molecule has 1 aliphatic rings. The van der Waals surface area contributed by atoms with Gasteiger partial charge in [-0.1, -0.05) is 29.3 Å². The zero-order valence-corrected chi connectivity index (χ0v) is 15.2. The maximum Gasteiger partial charge on any atom is 0.306 e. The molecular formula is C17H22Cl2N2O3. The molecule has 0 radical (unpaired) electrons. The van der Waals surface area contributed by atoms with Crippen LogP contribution in [0.3, 0.4) is 0 Å². The van der Waals surface area contributed by atoms with Crippen LogP contribution in [-0.4, -0.2) is 43.0 Å². The highest BCUT2D eigenvalue weighted by Crippen LogP contribution is 2.24. The summed E-state index contributed by atoms with van der Waals surface area (Å²) in [5.74, 6) is -0.454. The highest BCUT2D eigenvalue weighted by molar-refractivity contribution is 6.42. The number of benzene rings is 1. The van der Waals surface area contributed by atoms with E-state index in [-0.39, 0.29) is 30.8 Å². The number of carbonyl (C=O) groups excluding carboxylic acids is 2. The molecule has 7 heteroatoms. The predicted octanol–water partition coefficient (Wildman–Crippen LogP) is 3.03. The largest absolute Gasteiger partial charge is 0.469 e. The fraction of sp³-hybridized carbons (Fsp3) is 0.529. The number of esters is 1. The summed E-state index contributed by atoms with van der Waals surface area (Å²) in [5, 5.41) is 4.12. The van der Waals surface area contributed by atoms with E-state index in [1.807, 2.05) is 18.2 Å². The summed E-state index contributed by atoms with van der Waals surface area (Å²) in [5.41, 5.74) is 1.13. The normalized spacial score (nSPS) is 16.0. The van der Waals surface area contributed by atoms with Gasteiger partial charge in [0.25, 0.3) is 0 Å². The van der Waals surface area contributed by atoms with Gasteiger partial charge in [0, 0.05) is 32.1 Å². The van der Waals surface area contributed by atoms with Gasteiger partial charge in [0.05, 0.1) is 23.6 Å². The molecule has 1 aliphatic heterocycles. The molecule has 1 aromatic carbocycles. The minimum atomic E-state index is -0.360. The molecule has 1 heterocycles. The first-order chi connectivity index (χ1) is 11.5. The first-order valence-electron chi connectivity index (χ1n) is 8.00. The van der Waals surface area contributed by atoms with Crippen LogP contribution in [0.4, 0.5) is 0 Å². The molecule has 0 saturated carbocycles. The number of nitrogens with one attached hydrogen (secondary N) is 1. The van der Waals surface area contributed by atoms with E-state index in [0.29, 0.717) is 10.0 Å². The van der Waals surface area contributed by atoms with E-state index in [4.69, 9.17) is 23.2 Å². The Balaban J connectivity index is 1.72. The number of likely N-dealkylation sites (tertiary alicyclic amines) is 1. The predicted molar refractivity (Wildman–Crippen MR) is 94.2 cm³/mol. The zero-order valence-electron chi connectivity index (χ0n) is 13.7. The monoisotopic (exact) mass is 372 g/mol. The summed E-state index contributed by atoms with van der Waals surface area (Å²) < 4.78 is 4.53. The molecule has 24 heavy (non-hydrogen) atoms. The Morgan fingerprint density at radius 1 is 1.21 bits per heavy atom. The second-order valence-corrected chi connectivity index (χ2v) is 6.76. The topological polar surface area (TPSA) is 58.6 Å².